The van der Waals surface area contributed by atoms with E-state index in [1.165, 1.54) is 46.8 Å². The van der Waals surface area contributed by atoms with Crippen molar-refractivity contribution in [3.8, 4) is 22.9 Å². The third-order valence-corrected chi connectivity index (χ3v) is 8.38. The van der Waals surface area contributed by atoms with Crippen molar-refractivity contribution < 1.29 is 46.1 Å². The van der Waals surface area contributed by atoms with Crippen LogP contribution in [0.3, 0.4) is 0 Å². The molecular formula is C30H23F5N4O6S. The number of thiazole rings is 1. The van der Waals surface area contributed by atoms with Gasteiger partial charge in [-0.3, -0.25) is 9.48 Å². The quantitative estimate of drug-likeness (QED) is 0.188. The number of alkyl halides is 3. The van der Waals surface area contributed by atoms with Crippen molar-refractivity contribution in [1.29, 1.82) is 0 Å². The zero-order chi connectivity index (χ0) is 32.7. The normalized spacial score (nSPS) is 14.8. The molecule has 1 atom stereocenters. The molecule has 0 spiro atoms. The zero-order valence-corrected chi connectivity index (χ0v) is 24.6. The molecule has 1 saturated heterocycles. The second-order valence-corrected chi connectivity index (χ2v) is 11.4. The van der Waals surface area contributed by atoms with Gasteiger partial charge in [0.2, 0.25) is 5.88 Å². The number of fused-ring (bicyclic) bond motifs is 1. The van der Waals surface area contributed by atoms with Crippen LogP contribution in [-0.4, -0.2) is 50.2 Å². The number of carboxylic acids is 1. The maximum atomic E-state index is 15.6. The number of aromatic nitrogens is 4. The van der Waals surface area contributed by atoms with Gasteiger partial charge in [-0.15, -0.1) is 11.3 Å². The maximum Gasteiger partial charge on any atom is 0.427 e. The lowest BCUT2D eigenvalue weighted by Gasteiger charge is -2.28. The van der Waals surface area contributed by atoms with Gasteiger partial charge < -0.3 is 19.3 Å². The van der Waals surface area contributed by atoms with Crippen molar-refractivity contribution in [3.05, 3.63) is 91.7 Å². The van der Waals surface area contributed by atoms with Gasteiger partial charge in [-0.2, -0.15) is 13.2 Å². The molecule has 1 aliphatic heterocycles. The van der Waals surface area contributed by atoms with E-state index in [1.54, 1.807) is 0 Å². The van der Waals surface area contributed by atoms with Crippen molar-refractivity contribution in [2.45, 2.75) is 38.4 Å². The standard InChI is InChI=1S/C30H23F5N4O6S/c1-43-23-9-15(29(41)42)8-22-27(23)28(40)39(38(22)13-17-5-6-44-17)12-16-7-20(32)18(10-19(16)31)21-3-2-4-25(37-21)45-14-26-36-11-24(46-26)30(33,34)35/h2-4,7-11,17H,5-6,12-14H2,1H3,(H,41,42)/t17-/m0/s1. The summed E-state index contributed by atoms with van der Waals surface area (Å²) in [6.45, 7) is -0.0504. The van der Waals surface area contributed by atoms with Gasteiger partial charge in [-0.25, -0.2) is 28.2 Å². The molecule has 46 heavy (non-hydrogen) atoms. The first-order valence-corrected chi connectivity index (χ1v) is 14.5. The lowest BCUT2D eigenvalue weighted by Crippen LogP contribution is -2.35. The second-order valence-electron chi connectivity index (χ2n) is 10.3. The van der Waals surface area contributed by atoms with Crippen LogP contribution in [-0.2, 0) is 30.6 Å². The van der Waals surface area contributed by atoms with Crippen molar-refractivity contribution in [2.75, 3.05) is 13.7 Å². The Morgan fingerprint density at radius 1 is 1.15 bits per heavy atom. The average molecular weight is 663 g/mol. The predicted molar refractivity (Wildman–Crippen MR) is 154 cm³/mol. The third-order valence-electron chi connectivity index (χ3n) is 7.37. The highest BCUT2D eigenvalue weighted by Gasteiger charge is 2.33. The van der Waals surface area contributed by atoms with Crippen molar-refractivity contribution in [2.24, 2.45) is 0 Å². The van der Waals surface area contributed by atoms with Crippen LogP contribution >= 0.6 is 11.3 Å². The molecule has 1 N–H and O–H groups in total. The second kappa shape index (κ2) is 12.2. The molecular weight excluding hydrogens is 639 g/mol. The number of nitrogens with zero attached hydrogens (tertiary/aromatic N) is 4. The Balaban J connectivity index is 1.31. The largest absolute Gasteiger partial charge is 0.496 e. The van der Waals surface area contributed by atoms with E-state index in [1.807, 2.05) is 0 Å². The van der Waals surface area contributed by atoms with Crippen LogP contribution in [0.15, 0.2) is 53.5 Å². The molecule has 0 amide bonds. The smallest absolute Gasteiger partial charge is 0.427 e. The number of methoxy groups -OCH3 is 1. The number of hydrogen-bond acceptors (Lipinski definition) is 8. The molecule has 4 heterocycles. The van der Waals surface area contributed by atoms with Crippen LogP contribution < -0.4 is 15.0 Å². The minimum atomic E-state index is -4.53. The fourth-order valence-electron chi connectivity index (χ4n) is 5.00. The van der Waals surface area contributed by atoms with Crippen LogP contribution in [0.25, 0.3) is 22.2 Å². The number of aromatic carboxylic acids is 1. The summed E-state index contributed by atoms with van der Waals surface area (Å²) in [6, 6.07) is 8.67. The fraction of sp³-hybridized carbons (Fsp3) is 0.267. The number of hydrogen-bond donors (Lipinski definition) is 1. The minimum Gasteiger partial charge on any atom is -0.496 e. The fourth-order valence-corrected chi connectivity index (χ4v) is 5.70. The topological polar surface area (TPSA) is 118 Å². The predicted octanol–water partition coefficient (Wildman–Crippen LogP) is 5.74. The first-order valence-electron chi connectivity index (χ1n) is 13.7. The van der Waals surface area contributed by atoms with E-state index in [-0.39, 0.29) is 69.2 Å². The Morgan fingerprint density at radius 3 is 2.59 bits per heavy atom. The van der Waals surface area contributed by atoms with Gasteiger partial charge >= 0.3 is 12.1 Å². The molecule has 2 aromatic carbocycles. The summed E-state index contributed by atoms with van der Waals surface area (Å²) in [7, 11) is 1.29. The van der Waals surface area contributed by atoms with Crippen molar-refractivity contribution in [1.82, 2.24) is 19.3 Å². The van der Waals surface area contributed by atoms with Crippen LogP contribution in [0.4, 0.5) is 22.0 Å². The molecule has 6 rings (SSSR count). The van der Waals surface area contributed by atoms with E-state index in [0.29, 0.717) is 30.6 Å². The van der Waals surface area contributed by atoms with Crippen molar-refractivity contribution in [3.63, 3.8) is 0 Å². The zero-order valence-electron chi connectivity index (χ0n) is 23.8. The van der Waals surface area contributed by atoms with Crippen LogP contribution in [0.1, 0.15) is 32.2 Å². The molecule has 0 unspecified atom stereocenters. The maximum absolute atomic E-state index is 15.6. The Morgan fingerprint density at radius 2 is 1.93 bits per heavy atom. The van der Waals surface area contributed by atoms with Crippen LogP contribution in [0, 0.1) is 11.6 Å². The van der Waals surface area contributed by atoms with Crippen LogP contribution in [0.2, 0.25) is 0 Å². The van der Waals surface area contributed by atoms with Gasteiger partial charge in [0.05, 0.1) is 49.3 Å². The van der Waals surface area contributed by atoms with E-state index in [2.05, 4.69) is 9.97 Å². The lowest BCUT2D eigenvalue weighted by molar-refractivity contribution is -0.134. The molecule has 5 aromatic rings. The first kappa shape index (κ1) is 31.2. The van der Waals surface area contributed by atoms with Crippen molar-refractivity contribution >= 4 is 28.2 Å². The number of ether oxygens (including phenoxy) is 3. The van der Waals surface area contributed by atoms with E-state index in [0.717, 1.165) is 12.1 Å². The molecule has 10 nitrogen and oxygen atoms in total. The van der Waals surface area contributed by atoms with Gasteiger partial charge in [0.15, 0.2) is 0 Å². The highest BCUT2D eigenvalue weighted by Crippen LogP contribution is 2.34. The molecule has 0 saturated carbocycles. The van der Waals surface area contributed by atoms with E-state index >= 15 is 8.78 Å². The van der Waals surface area contributed by atoms with Gasteiger partial charge in [-0.1, -0.05) is 6.07 Å². The summed E-state index contributed by atoms with van der Waals surface area (Å²) in [5.41, 5.74) is -0.873. The van der Waals surface area contributed by atoms with Crippen LogP contribution in [0.5, 0.6) is 11.6 Å². The molecule has 16 heteroatoms. The molecule has 0 radical (unpaired) electrons. The monoisotopic (exact) mass is 662 g/mol. The highest BCUT2D eigenvalue weighted by molar-refractivity contribution is 7.11. The van der Waals surface area contributed by atoms with Gasteiger partial charge in [0.1, 0.15) is 39.3 Å². The minimum absolute atomic E-state index is 0.00471. The molecule has 0 aliphatic carbocycles. The molecule has 0 bridgehead atoms. The molecule has 3 aromatic heterocycles. The number of carbonyl (C=O) groups is 1. The summed E-state index contributed by atoms with van der Waals surface area (Å²) in [6.07, 6.45) is -3.41. The average Bonchev–Trinajstić information content (AvgIpc) is 3.58. The van der Waals surface area contributed by atoms with E-state index in [4.69, 9.17) is 14.2 Å². The number of rotatable bonds is 10. The Bertz CT molecular complexity index is 2020. The highest BCUT2D eigenvalue weighted by atomic mass is 32.1. The lowest BCUT2D eigenvalue weighted by atomic mass is 10.1. The number of benzene rings is 2. The summed E-state index contributed by atoms with van der Waals surface area (Å²) >= 11 is 0.416. The Labute approximate surface area is 260 Å². The Hall–Kier alpha value is -4.83. The summed E-state index contributed by atoms with van der Waals surface area (Å²) in [5.74, 6) is -2.98. The van der Waals surface area contributed by atoms with Gasteiger partial charge in [0.25, 0.3) is 5.56 Å². The van der Waals surface area contributed by atoms with Gasteiger partial charge in [0, 0.05) is 23.8 Å². The summed E-state index contributed by atoms with van der Waals surface area (Å²) < 4.78 is 88.6. The summed E-state index contributed by atoms with van der Waals surface area (Å²) in [5, 5.41) is 9.73. The number of carboxylic acid groups (broad SMARTS) is 1. The molecule has 1 aliphatic rings. The molecule has 1 fully saturated rings. The number of halogens is 5. The van der Waals surface area contributed by atoms with E-state index < -0.39 is 40.8 Å². The van der Waals surface area contributed by atoms with E-state index in [9.17, 15) is 27.9 Å². The summed E-state index contributed by atoms with van der Waals surface area (Å²) in [4.78, 5) is 32.4. The molecule has 240 valence electrons. The Kier molecular flexibility index (Phi) is 8.24. The number of pyridine rings is 1. The SMILES string of the molecule is COc1cc(C(=O)O)cc2c1c(=O)n(Cc1cc(F)c(-c3cccc(OCc4ncc(C(F)(F)F)s4)n3)cc1F)n2C[C@@H]1CCO1. The van der Waals surface area contributed by atoms with Gasteiger partial charge in [-0.05, 0) is 36.8 Å². The first-order chi connectivity index (χ1) is 21.9. The third kappa shape index (κ3) is 6.04.